The lowest BCUT2D eigenvalue weighted by atomic mass is 10.2. The van der Waals surface area contributed by atoms with Crippen molar-refractivity contribution in [3.63, 3.8) is 0 Å². The Kier molecular flexibility index (Phi) is 3.63. The number of hydrogen-bond donors (Lipinski definition) is 2. The molecule has 0 aliphatic rings. The molecule has 0 aliphatic carbocycles. The average molecular weight is 333 g/mol. The maximum absolute atomic E-state index is 12.1. The molecule has 0 aliphatic heterocycles. The largest absolute Gasteiger partial charge is 0.338 e. The highest BCUT2D eigenvalue weighted by atomic mass is 32.1. The van der Waals surface area contributed by atoms with E-state index in [4.69, 9.17) is 0 Å². The number of nitrogens with zero attached hydrogens (tertiary/aromatic N) is 1. The zero-order valence-corrected chi connectivity index (χ0v) is 13.9. The Morgan fingerprint density at radius 3 is 2.71 bits per heavy atom. The summed E-state index contributed by atoms with van der Waals surface area (Å²) in [7, 11) is 0. The molecular formula is C19H15N3OS. The Hall–Kier alpha value is -2.92. The van der Waals surface area contributed by atoms with Gasteiger partial charge in [-0.15, -0.1) is 0 Å². The first kappa shape index (κ1) is 14.7. The maximum atomic E-state index is 12.1. The van der Waals surface area contributed by atoms with Crippen LogP contribution in [-0.4, -0.2) is 15.9 Å². The van der Waals surface area contributed by atoms with Gasteiger partial charge in [0.1, 0.15) is 5.82 Å². The van der Waals surface area contributed by atoms with Crippen LogP contribution in [0.15, 0.2) is 59.3 Å². The lowest BCUT2D eigenvalue weighted by molar-refractivity contribution is 0.102. The van der Waals surface area contributed by atoms with Gasteiger partial charge >= 0.3 is 0 Å². The summed E-state index contributed by atoms with van der Waals surface area (Å²) in [5.74, 6) is 0.731. The number of carbonyl (C=O) groups is 1. The van der Waals surface area contributed by atoms with Crippen LogP contribution in [0, 0.1) is 6.92 Å². The smallest absolute Gasteiger partial charge is 0.256 e. The first-order valence-electron chi connectivity index (χ1n) is 7.59. The van der Waals surface area contributed by atoms with E-state index in [9.17, 15) is 4.79 Å². The van der Waals surface area contributed by atoms with E-state index in [1.165, 1.54) is 16.9 Å². The zero-order valence-electron chi connectivity index (χ0n) is 13.0. The predicted molar refractivity (Wildman–Crippen MR) is 98.5 cm³/mol. The summed E-state index contributed by atoms with van der Waals surface area (Å²) in [6.45, 7) is 2.06. The summed E-state index contributed by atoms with van der Waals surface area (Å²) < 4.78 is 0. The number of aryl methyl sites for hydroxylation is 1. The third kappa shape index (κ3) is 2.81. The molecule has 0 spiro atoms. The summed E-state index contributed by atoms with van der Waals surface area (Å²) in [6, 6.07) is 15.6. The number of benzene rings is 2. The van der Waals surface area contributed by atoms with Crippen LogP contribution in [0.2, 0.25) is 0 Å². The van der Waals surface area contributed by atoms with Gasteiger partial charge in [-0.3, -0.25) is 4.79 Å². The Labute approximate surface area is 143 Å². The van der Waals surface area contributed by atoms with Crippen LogP contribution in [0.4, 0.5) is 5.69 Å². The molecule has 1 amide bonds. The number of hydrogen-bond acceptors (Lipinski definition) is 3. The summed E-state index contributed by atoms with van der Waals surface area (Å²) in [5, 5.41) is 6.62. The van der Waals surface area contributed by atoms with Gasteiger partial charge in [0.15, 0.2) is 0 Å². The first-order chi connectivity index (χ1) is 11.7. The second-order valence-electron chi connectivity index (χ2n) is 5.65. The number of carbonyl (C=O) groups excluding carboxylic acids is 1. The van der Waals surface area contributed by atoms with E-state index in [1.807, 2.05) is 47.2 Å². The van der Waals surface area contributed by atoms with Crippen molar-refractivity contribution in [3.05, 3.63) is 70.4 Å². The van der Waals surface area contributed by atoms with Crippen LogP contribution in [0.5, 0.6) is 0 Å². The van der Waals surface area contributed by atoms with Crippen molar-refractivity contribution in [1.29, 1.82) is 0 Å². The summed E-state index contributed by atoms with van der Waals surface area (Å²) in [6.07, 6.45) is 0. The van der Waals surface area contributed by atoms with Gasteiger partial charge in [-0.25, -0.2) is 4.98 Å². The fourth-order valence-corrected chi connectivity index (χ4v) is 3.20. The van der Waals surface area contributed by atoms with E-state index in [-0.39, 0.29) is 5.91 Å². The molecule has 0 bridgehead atoms. The molecule has 2 aromatic carbocycles. The maximum Gasteiger partial charge on any atom is 0.256 e. The number of thiophene rings is 1. The van der Waals surface area contributed by atoms with Crippen LogP contribution in [0.25, 0.3) is 22.4 Å². The number of anilines is 1. The average Bonchev–Trinajstić information content (AvgIpc) is 3.24. The van der Waals surface area contributed by atoms with Gasteiger partial charge in [0.25, 0.3) is 5.91 Å². The number of aromatic nitrogens is 2. The van der Waals surface area contributed by atoms with Gasteiger partial charge in [-0.2, -0.15) is 11.3 Å². The van der Waals surface area contributed by atoms with Gasteiger partial charge in [-0.05, 0) is 60.3 Å². The minimum atomic E-state index is -0.0942. The summed E-state index contributed by atoms with van der Waals surface area (Å²) in [4.78, 5) is 20.0. The zero-order chi connectivity index (χ0) is 16.5. The Balaban J connectivity index is 1.57. The molecule has 0 radical (unpaired) electrons. The minimum Gasteiger partial charge on any atom is -0.338 e. The van der Waals surface area contributed by atoms with Gasteiger partial charge in [-0.1, -0.05) is 6.07 Å². The normalized spacial score (nSPS) is 10.9. The minimum absolute atomic E-state index is 0.0942. The fourth-order valence-electron chi connectivity index (χ4n) is 2.57. The molecular weight excluding hydrogens is 318 g/mol. The molecule has 4 nitrogen and oxygen atoms in total. The number of imidazole rings is 1. The van der Waals surface area contributed by atoms with Crippen molar-refractivity contribution < 1.29 is 4.79 Å². The van der Waals surface area contributed by atoms with Crippen molar-refractivity contribution >= 4 is 34.0 Å². The van der Waals surface area contributed by atoms with Crippen molar-refractivity contribution in [3.8, 4) is 11.4 Å². The lowest BCUT2D eigenvalue weighted by Gasteiger charge is -2.04. The first-order valence-corrected chi connectivity index (χ1v) is 8.54. The monoisotopic (exact) mass is 333 g/mol. The van der Waals surface area contributed by atoms with Crippen molar-refractivity contribution in [1.82, 2.24) is 9.97 Å². The van der Waals surface area contributed by atoms with Gasteiger partial charge in [0, 0.05) is 16.6 Å². The molecule has 5 heteroatoms. The van der Waals surface area contributed by atoms with Crippen molar-refractivity contribution in [2.75, 3.05) is 5.32 Å². The van der Waals surface area contributed by atoms with E-state index in [0.29, 0.717) is 5.56 Å². The molecule has 0 atom stereocenters. The number of amides is 1. The van der Waals surface area contributed by atoms with E-state index in [2.05, 4.69) is 34.3 Å². The van der Waals surface area contributed by atoms with E-state index in [0.717, 1.165) is 28.1 Å². The van der Waals surface area contributed by atoms with Gasteiger partial charge in [0.2, 0.25) is 0 Å². The second kappa shape index (κ2) is 5.94. The highest BCUT2D eigenvalue weighted by Gasteiger charge is 2.08. The Bertz CT molecular complexity index is 1000. The second-order valence-corrected chi connectivity index (χ2v) is 6.43. The van der Waals surface area contributed by atoms with Crippen molar-refractivity contribution in [2.45, 2.75) is 6.92 Å². The summed E-state index contributed by atoms with van der Waals surface area (Å²) >= 11 is 1.51. The predicted octanol–water partition coefficient (Wildman–Crippen LogP) is 4.85. The third-order valence-electron chi connectivity index (χ3n) is 3.84. The molecule has 2 heterocycles. The number of rotatable bonds is 3. The molecule has 4 aromatic rings. The molecule has 4 rings (SSSR count). The Morgan fingerprint density at radius 2 is 1.96 bits per heavy atom. The topological polar surface area (TPSA) is 57.8 Å². The lowest BCUT2D eigenvalue weighted by Crippen LogP contribution is -2.10. The molecule has 0 fully saturated rings. The van der Waals surface area contributed by atoms with Crippen LogP contribution in [-0.2, 0) is 0 Å². The van der Waals surface area contributed by atoms with Crippen LogP contribution < -0.4 is 5.32 Å². The molecule has 2 aromatic heterocycles. The number of fused-ring (bicyclic) bond motifs is 1. The van der Waals surface area contributed by atoms with E-state index < -0.39 is 0 Å². The molecule has 0 saturated carbocycles. The van der Waals surface area contributed by atoms with E-state index in [1.54, 1.807) is 0 Å². The van der Waals surface area contributed by atoms with Gasteiger partial charge < -0.3 is 10.3 Å². The third-order valence-corrected chi connectivity index (χ3v) is 4.52. The number of H-pyrrole nitrogens is 1. The van der Waals surface area contributed by atoms with Crippen LogP contribution >= 0.6 is 11.3 Å². The fraction of sp³-hybridized carbons (Fsp3) is 0.0526. The molecule has 0 saturated heterocycles. The molecule has 24 heavy (non-hydrogen) atoms. The SMILES string of the molecule is Cc1ccc2nc(-c3ccc(NC(=O)c4ccsc4)cc3)[nH]c2c1. The highest BCUT2D eigenvalue weighted by Crippen LogP contribution is 2.23. The van der Waals surface area contributed by atoms with Crippen molar-refractivity contribution in [2.24, 2.45) is 0 Å². The van der Waals surface area contributed by atoms with Gasteiger partial charge in [0.05, 0.1) is 16.6 Å². The number of aromatic amines is 1. The molecule has 118 valence electrons. The standard InChI is InChI=1S/C19H15N3OS/c1-12-2-7-16-17(10-12)22-18(21-16)13-3-5-15(6-4-13)20-19(23)14-8-9-24-11-14/h2-11H,1H3,(H,20,23)(H,21,22). The van der Waals surface area contributed by atoms with Crippen LogP contribution in [0.3, 0.4) is 0 Å². The van der Waals surface area contributed by atoms with E-state index >= 15 is 0 Å². The number of nitrogens with one attached hydrogen (secondary N) is 2. The molecule has 0 unspecified atom stereocenters. The highest BCUT2D eigenvalue weighted by molar-refractivity contribution is 7.08. The van der Waals surface area contributed by atoms with Crippen LogP contribution in [0.1, 0.15) is 15.9 Å². The Morgan fingerprint density at radius 1 is 1.12 bits per heavy atom. The summed E-state index contributed by atoms with van der Waals surface area (Å²) in [5.41, 5.74) is 5.60. The quantitative estimate of drug-likeness (QED) is 0.563. The molecule has 2 N–H and O–H groups in total.